The highest BCUT2D eigenvalue weighted by Crippen LogP contribution is 2.41. The van der Waals surface area contributed by atoms with Crippen LogP contribution >= 0.6 is 27.5 Å². The molecule has 29 heavy (non-hydrogen) atoms. The largest absolute Gasteiger partial charge is 0.358 e. The molecule has 4 aromatic rings. The molecule has 0 radical (unpaired) electrons. The lowest BCUT2D eigenvalue weighted by Gasteiger charge is -2.45. The van der Waals surface area contributed by atoms with E-state index in [9.17, 15) is 9.59 Å². The summed E-state index contributed by atoms with van der Waals surface area (Å²) in [6.45, 7) is 3.67. The molecule has 1 amide bonds. The smallest absolute Gasteiger partial charge is 0.280 e. The maximum Gasteiger partial charge on any atom is 0.280 e. The first-order chi connectivity index (χ1) is 13.9. The molecule has 1 N–H and O–H groups in total. The summed E-state index contributed by atoms with van der Waals surface area (Å²) < 4.78 is 2.12. The minimum absolute atomic E-state index is 0.298. The van der Waals surface area contributed by atoms with E-state index >= 15 is 0 Å². The molecule has 6 nitrogen and oxygen atoms in total. The average molecular weight is 472 g/mol. The Balaban J connectivity index is 1.74. The molecule has 2 aromatic carbocycles. The van der Waals surface area contributed by atoms with Crippen LogP contribution in [0.3, 0.4) is 0 Å². The number of carbonyl (C=O) groups excluding carboxylic acids is 1. The fraction of sp³-hybridized carbons (Fsp3) is 0.190. The molecule has 1 aliphatic rings. The number of aromatic amines is 1. The second-order valence-corrected chi connectivity index (χ2v) is 8.56. The SMILES string of the molecule is Cc1[nH]c2ccccc2c1C1C(Cl)C(=O)N1n1c(C)nc2ccc(Br)cc2c1=O. The lowest BCUT2D eigenvalue weighted by molar-refractivity contribution is -0.126. The highest BCUT2D eigenvalue weighted by molar-refractivity contribution is 9.10. The molecular formula is C21H16BrClN4O2. The van der Waals surface area contributed by atoms with Gasteiger partial charge in [-0.25, -0.2) is 9.99 Å². The first-order valence-electron chi connectivity index (χ1n) is 9.12. The number of amides is 1. The number of H-pyrrole nitrogens is 1. The summed E-state index contributed by atoms with van der Waals surface area (Å²) >= 11 is 9.87. The van der Waals surface area contributed by atoms with Crippen LogP contribution in [-0.2, 0) is 4.79 Å². The van der Waals surface area contributed by atoms with Crippen molar-refractivity contribution in [3.05, 3.63) is 74.4 Å². The van der Waals surface area contributed by atoms with Gasteiger partial charge in [0.1, 0.15) is 17.2 Å². The maximum absolute atomic E-state index is 13.3. The third kappa shape index (κ3) is 2.57. The van der Waals surface area contributed by atoms with Crippen LogP contribution in [0.2, 0.25) is 0 Å². The van der Waals surface area contributed by atoms with Gasteiger partial charge in [0, 0.05) is 26.6 Å². The van der Waals surface area contributed by atoms with Gasteiger partial charge in [-0.05, 0) is 38.1 Å². The third-order valence-corrected chi connectivity index (χ3v) is 6.35. The number of hydrogen-bond acceptors (Lipinski definition) is 3. The van der Waals surface area contributed by atoms with Crippen LogP contribution in [-0.4, -0.2) is 25.9 Å². The molecule has 0 bridgehead atoms. The van der Waals surface area contributed by atoms with Gasteiger partial charge in [0.05, 0.1) is 10.9 Å². The monoisotopic (exact) mass is 470 g/mol. The van der Waals surface area contributed by atoms with Gasteiger partial charge >= 0.3 is 0 Å². The number of nitrogens with one attached hydrogen (secondary N) is 1. The van der Waals surface area contributed by atoms with Gasteiger partial charge in [-0.2, -0.15) is 4.68 Å². The predicted octanol–water partition coefficient (Wildman–Crippen LogP) is 4.08. The zero-order valence-electron chi connectivity index (χ0n) is 15.6. The van der Waals surface area contributed by atoms with Gasteiger partial charge in [0.25, 0.3) is 11.5 Å². The Labute approximate surface area is 179 Å². The third-order valence-electron chi connectivity index (χ3n) is 5.43. The first-order valence-corrected chi connectivity index (χ1v) is 10.3. The van der Waals surface area contributed by atoms with Gasteiger partial charge in [0.2, 0.25) is 0 Å². The molecule has 1 fully saturated rings. The number of para-hydroxylation sites is 1. The van der Waals surface area contributed by atoms with Crippen LogP contribution in [0.15, 0.2) is 51.7 Å². The Bertz CT molecular complexity index is 1380. The number of carbonyl (C=O) groups is 1. The fourth-order valence-corrected chi connectivity index (χ4v) is 4.82. The van der Waals surface area contributed by atoms with Gasteiger partial charge in [0.15, 0.2) is 0 Å². The van der Waals surface area contributed by atoms with Crippen molar-refractivity contribution < 1.29 is 4.79 Å². The molecule has 2 unspecified atom stereocenters. The molecule has 2 aromatic heterocycles. The van der Waals surface area contributed by atoms with E-state index in [1.54, 1.807) is 19.1 Å². The molecule has 1 saturated heterocycles. The van der Waals surface area contributed by atoms with E-state index in [1.165, 1.54) is 9.69 Å². The summed E-state index contributed by atoms with van der Waals surface area (Å²) in [6, 6.07) is 12.7. The molecule has 0 saturated carbocycles. The van der Waals surface area contributed by atoms with Crippen LogP contribution in [0.1, 0.15) is 23.1 Å². The molecule has 0 spiro atoms. The number of aryl methyl sites for hydroxylation is 2. The Hall–Kier alpha value is -2.64. The second kappa shape index (κ2) is 6.43. The van der Waals surface area contributed by atoms with Crippen LogP contribution in [0.4, 0.5) is 0 Å². The zero-order chi connectivity index (χ0) is 20.4. The Morgan fingerprint density at radius 3 is 2.66 bits per heavy atom. The van der Waals surface area contributed by atoms with E-state index in [-0.39, 0.29) is 11.5 Å². The number of benzene rings is 2. The summed E-state index contributed by atoms with van der Waals surface area (Å²) in [7, 11) is 0. The van der Waals surface area contributed by atoms with Crippen molar-refractivity contribution in [3.8, 4) is 0 Å². The lowest BCUT2D eigenvalue weighted by Crippen LogP contribution is -2.64. The van der Waals surface area contributed by atoms with Crippen molar-refractivity contribution in [1.29, 1.82) is 0 Å². The number of β-lactam (4-membered cyclic amide) rings is 1. The van der Waals surface area contributed by atoms with Gasteiger partial charge in [-0.3, -0.25) is 9.59 Å². The summed E-state index contributed by atoms with van der Waals surface area (Å²) in [4.78, 5) is 34.0. The van der Waals surface area contributed by atoms with E-state index in [2.05, 4.69) is 25.9 Å². The molecule has 2 atom stereocenters. The van der Waals surface area contributed by atoms with E-state index in [1.807, 2.05) is 37.3 Å². The highest BCUT2D eigenvalue weighted by Gasteiger charge is 2.51. The number of aromatic nitrogens is 3. The summed E-state index contributed by atoms with van der Waals surface area (Å²) in [5.74, 6) is 0.118. The number of hydrogen-bond donors (Lipinski definition) is 1. The van der Waals surface area contributed by atoms with Crippen LogP contribution < -0.4 is 10.6 Å². The Morgan fingerprint density at radius 1 is 1.10 bits per heavy atom. The molecule has 8 heteroatoms. The average Bonchev–Trinajstić information content (AvgIpc) is 3.03. The van der Waals surface area contributed by atoms with Crippen molar-refractivity contribution in [2.24, 2.45) is 0 Å². The summed E-state index contributed by atoms with van der Waals surface area (Å²) in [5, 5.41) is 2.11. The van der Waals surface area contributed by atoms with Crippen molar-refractivity contribution >= 4 is 55.2 Å². The van der Waals surface area contributed by atoms with E-state index in [4.69, 9.17) is 11.6 Å². The normalized spacial score (nSPS) is 19.2. The van der Waals surface area contributed by atoms with Crippen molar-refractivity contribution in [3.63, 3.8) is 0 Å². The Morgan fingerprint density at radius 2 is 1.86 bits per heavy atom. The molecular weight excluding hydrogens is 456 g/mol. The number of halogens is 2. The second-order valence-electron chi connectivity index (χ2n) is 7.18. The zero-order valence-corrected chi connectivity index (χ0v) is 18.0. The quantitative estimate of drug-likeness (QED) is 0.354. The summed E-state index contributed by atoms with van der Waals surface area (Å²) in [5.41, 5.74) is 3.09. The number of rotatable bonds is 2. The van der Waals surface area contributed by atoms with E-state index in [0.29, 0.717) is 16.7 Å². The van der Waals surface area contributed by atoms with Gasteiger partial charge in [-0.1, -0.05) is 34.1 Å². The van der Waals surface area contributed by atoms with Gasteiger partial charge < -0.3 is 4.98 Å². The molecule has 146 valence electrons. The van der Waals surface area contributed by atoms with Crippen molar-refractivity contribution in [2.45, 2.75) is 25.3 Å². The first kappa shape index (κ1) is 18.4. The van der Waals surface area contributed by atoms with E-state index < -0.39 is 11.4 Å². The van der Waals surface area contributed by atoms with Gasteiger partial charge in [-0.15, -0.1) is 11.6 Å². The predicted molar refractivity (Wildman–Crippen MR) is 117 cm³/mol. The molecule has 5 rings (SSSR count). The minimum atomic E-state index is -0.752. The standard InChI is InChI=1S/C21H16BrClN4O2/c1-10-17(13-5-3-4-6-15(13)24-10)19-18(23)21(29)27(19)26-11(2)25-16-8-7-12(22)9-14(16)20(26)28/h3-9,18-19,24H,1-2H3. The van der Waals surface area contributed by atoms with Crippen molar-refractivity contribution in [1.82, 2.24) is 14.6 Å². The van der Waals surface area contributed by atoms with E-state index in [0.717, 1.165) is 26.6 Å². The van der Waals surface area contributed by atoms with Crippen LogP contribution in [0.25, 0.3) is 21.8 Å². The van der Waals surface area contributed by atoms with Crippen LogP contribution in [0, 0.1) is 13.8 Å². The Kier molecular flexibility index (Phi) is 4.08. The van der Waals surface area contributed by atoms with Crippen LogP contribution in [0.5, 0.6) is 0 Å². The number of alkyl halides is 1. The minimum Gasteiger partial charge on any atom is -0.358 e. The number of nitrogens with zero attached hydrogens (tertiary/aromatic N) is 3. The highest BCUT2D eigenvalue weighted by atomic mass is 79.9. The summed E-state index contributed by atoms with van der Waals surface area (Å²) in [6.07, 6.45) is 0. The molecule has 3 heterocycles. The lowest BCUT2D eigenvalue weighted by atomic mass is 9.93. The maximum atomic E-state index is 13.3. The fourth-order valence-electron chi connectivity index (χ4n) is 4.12. The van der Waals surface area contributed by atoms with Crippen molar-refractivity contribution in [2.75, 3.05) is 5.01 Å². The molecule has 0 aliphatic carbocycles. The topological polar surface area (TPSA) is 71.0 Å². The number of fused-ring (bicyclic) bond motifs is 2. The molecule has 1 aliphatic heterocycles.